The Bertz CT molecular complexity index is 870. The number of carbonyl (C=O) groups excluding carboxylic acids is 1. The molecule has 1 aliphatic heterocycles. The zero-order valence-electron chi connectivity index (χ0n) is 13.7. The minimum Gasteiger partial charge on any atom is -0.459 e. The van der Waals surface area contributed by atoms with E-state index in [1.54, 1.807) is 13.0 Å². The van der Waals surface area contributed by atoms with Crippen molar-refractivity contribution in [3.05, 3.63) is 53.7 Å². The number of aryl methyl sites for hydroxylation is 1. The number of benzene rings is 1. The van der Waals surface area contributed by atoms with E-state index in [0.29, 0.717) is 12.8 Å². The molecule has 1 aromatic carbocycles. The monoisotopic (exact) mass is 366 g/mol. The van der Waals surface area contributed by atoms with E-state index < -0.39 is 15.8 Å². The molecule has 0 unspecified atom stereocenters. The maximum atomic E-state index is 13.3. The maximum absolute atomic E-state index is 13.3. The second-order valence-electron chi connectivity index (χ2n) is 6.04. The molecule has 8 heteroatoms. The highest BCUT2D eigenvalue weighted by atomic mass is 32.2. The van der Waals surface area contributed by atoms with Crippen molar-refractivity contribution in [2.24, 2.45) is 0 Å². The molecule has 25 heavy (non-hydrogen) atoms. The zero-order chi connectivity index (χ0) is 18.0. The molecule has 134 valence electrons. The Balaban J connectivity index is 1.62. The molecule has 1 aliphatic rings. The van der Waals surface area contributed by atoms with E-state index in [1.807, 2.05) is 0 Å². The fourth-order valence-electron chi connectivity index (χ4n) is 2.87. The Hall–Kier alpha value is -2.19. The summed E-state index contributed by atoms with van der Waals surface area (Å²) in [6.07, 6.45) is 2.43. The number of carbonyl (C=O) groups is 1. The molecule has 0 radical (unpaired) electrons. The highest BCUT2D eigenvalue weighted by Gasteiger charge is 2.30. The van der Waals surface area contributed by atoms with E-state index in [-0.39, 0.29) is 35.7 Å². The van der Waals surface area contributed by atoms with Gasteiger partial charge in [0.2, 0.25) is 10.0 Å². The van der Waals surface area contributed by atoms with Crippen LogP contribution in [-0.2, 0) is 10.0 Å². The number of amides is 1. The SMILES string of the molecule is Cc1ccoc1C(=O)NC1CCN(S(=O)(=O)c2cccc(F)c2)CC1. The van der Waals surface area contributed by atoms with Crippen LogP contribution < -0.4 is 5.32 Å². The summed E-state index contributed by atoms with van der Waals surface area (Å²) in [4.78, 5) is 12.1. The third-order valence-electron chi connectivity index (χ3n) is 4.29. The highest BCUT2D eigenvalue weighted by Crippen LogP contribution is 2.21. The number of halogens is 1. The van der Waals surface area contributed by atoms with Crippen molar-refractivity contribution in [2.75, 3.05) is 13.1 Å². The number of hydrogen-bond acceptors (Lipinski definition) is 4. The van der Waals surface area contributed by atoms with E-state index in [2.05, 4.69) is 5.32 Å². The predicted molar refractivity (Wildman–Crippen MR) is 89.1 cm³/mol. The van der Waals surface area contributed by atoms with Gasteiger partial charge < -0.3 is 9.73 Å². The summed E-state index contributed by atoms with van der Waals surface area (Å²) in [5, 5.41) is 2.87. The van der Waals surface area contributed by atoms with Gasteiger partial charge in [-0.1, -0.05) is 6.07 Å². The van der Waals surface area contributed by atoms with Crippen molar-refractivity contribution in [3.8, 4) is 0 Å². The molecule has 0 spiro atoms. The van der Waals surface area contributed by atoms with E-state index in [9.17, 15) is 17.6 Å². The first-order valence-corrected chi connectivity index (χ1v) is 9.42. The third-order valence-corrected chi connectivity index (χ3v) is 6.19. The molecule has 6 nitrogen and oxygen atoms in total. The Morgan fingerprint density at radius 2 is 2.00 bits per heavy atom. The number of rotatable bonds is 4. The van der Waals surface area contributed by atoms with Crippen molar-refractivity contribution < 1.29 is 22.0 Å². The molecule has 0 saturated carbocycles. The van der Waals surface area contributed by atoms with Crippen molar-refractivity contribution in [2.45, 2.75) is 30.7 Å². The molecule has 1 N–H and O–H groups in total. The first kappa shape index (κ1) is 17.6. The Morgan fingerprint density at radius 1 is 1.28 bits per heavy atom. The van der Waals surface area contributed by atoms with Gasteiger partial charge in [0.05, 0.1) is 11.2 Å². The fourth-order valence-corrected chi connectivity index (χ4v) is 4.38. The first-order valence-electron chi connectivity index (χ1n) is 7.98. The van der Waals surface area contributed by atoms with E-state index in [4.69, 9.17) is 4.42 Å². The lowest BCUT2D eigenvalue weighted by Crippen LogP contribution is -2.46. The highest BCUT2D eigenvalue weighted by molar-refractivity contribution is 7.89. The fraction of sp³-hybridized carbons (Fsp3) is 0.353. The van der Waals surface area contributed by atoms with Crippen molar-refractivity contribution in [3.63, 3.8) is 0 Å². The lowest BCUT2D eigenvalue weighted by atomic mass is 10.1. The molecular weight excluding hydrogens is 347 g/mol. The smallest absolute Gasteiger partial charge is 0.287 e. The van der Waals surface area contributed by atoms with Crippen molar-refractivity contribution in [1.29, 1.82) is 0 Å². The number of sulfonamides is 1. The second kappa shape index (κ2) is 6.97. The molecule has 3 rings (SSSR count). The van der Waals surface area contributed by atoms with Gasteiger partial charge in [-0.25, -0.2) is 12.8 Å². The van der Waals surface area contributed by atoms with Gasteiger partial charge in [0.1, 0.15) is 5.82 Å². The van der Waals surface area contributed by atoms with Crippen LogP contribution in [0.3, 0.4) is 0 Å². The van der Waals surface area contributed by atoms with Crippen LogP contribution in [0.1, 0.15) is 29.0 Å². The largest absolute Gasteiger partial charge is 0.459 e. The summed E-state index contributed by atoms with van der Waals surface area (Å²) < 4.78 is 44.9. The number of nitrogens with one attached hydrogen (secondary N) is 1. The minimum atomic E-state index is -3.72. The molecule has 2 aromatic rings. The topological polar surface area (TPSA) is 79.6 Å². The average Bonchev–Trinajstić information content (AvgIpc) is 3.01. The van der Waals surface area contributed by atoms with E-state index in [1.165, 1.54) is 28.8 Å². The van der Waals surface area contributed by atoms with Crippen LogP contribution in [0.5, 0.6) is 0 Å². The molecule has 1 aromatic heterocycles. The van der Waals surface area contributed by atoms with Crippen LogP contribution in [0, 0.1) is 12.7 Å². The Kier molecular flexibility index (Phi) is 4.91. The summed E-state index contributed by atoms with van der Waals surface area (Å²) in [6.45, 7) is 2.31. The molecule has 1 amide bonds. The third kappa shape index (κ3) is 3.74. The lowest BCUT2D eigenvalue weighted by Gasteiger charge is -2.31. The Morgan fingerprint density at radius 3 is 2.60 bits per heavy atom. The van der Waals surface area contributed by atoms with Crippen LogP contribution in [0.4, 0.5) is 4.39 Å². The van der Waals surface area contributed by atoms with E-state index in [0.717, 1.165) is 11.6 Å². The molecule has 1 saturated heterocycles. The van der Waals surface area contributed by atoms with Gasteiger partial charge >= 0.3 is 0 Å². The van der Waals surface area contributed by atoms with Gasteiger partial charge in [-0.2, -0.15) is 4.31 Å². The summed E-state index contributed by atoms with van der Waals surface area (Å²) in [6, 6.07) is 6.56. The molecular formula is C17H19FN2O4S. The molecule has 0 bridgehead atoms. The zero-order valence-corrected chi connectivity index (χ0v) is 14.6. The lowest BCUT2D eigenvalue weighted by molar-refractivity contribution is 0.0895. The van der Waals surface area contributed by atoms with Gasteiger partial charge in [0, 0.05) is 24.7 Å². The van der Waals surface area contributed by atoms with Crippen molar-refractivity contribution in [1.82, 2.24) is 9.62 Å². The average molecular weight is 366 g/mol. The van der Waals surface area contributed by atoms with Gasteiger partial charge in [-0.15, -0.1) is 0 Å². The quantitative estimate of drug-likeness (QED) is 0.901. The van der Waals surface area contributed by atoms with E-state index >= 15 is 0 Å². The molecule has 2 heterocycles. The summed E-state index contributed by atoms with van der Waals surface area (Å²) in [7, 11) is -3.72. The van der Waals surface area contributed by atoms with Crippen LogP contribution >= 0.6 is 0 Å². The molecule has 0 aliphatic carbocycles. The molecule has 1 fully saturated rings. The number of nitrogens with zero attached hydrogens (tertiary/aromatic N) is 1. The van der Waals surface area contributed by atoms with Gasteiger partial charge in [-0.05, 0) is 44.0 Å². The summed E-state index contributed by atoms with van der Waals surface area (Å²) in [5.41, 5.74) is 0.753. The normalized spacial score (nSPS) is 16.7. The number of hydrogen-bond donors (Lipinski definition) is 1. The van der Waals surface area contributed by atoms with Crippen LogP contribution in [0.25, 0.3) is 0 Å². The Labute approximate surface area is 145 Å². The predicted octanol–water partition coefficient (Wildman–Crippen LogP) is 2.31. The molecule has 0 atom stereocenters. The number of piperidine rings is 1. The standard InChI is InChI=1S/C17H19FN2O4S/c1-12-7-10-24-16(12)17(21)19-14-5-8-20(9-6-14)25(22,23)15-4-2-3-13(18)11-15/h2-4,7,10-11,14H,5-6,8-9H2,1H3,(H,19,21). The van der Waals surface area contributed by atoms with Gasteiger partial charge in [0.15, 0.2) is 5.76 Å². The summed E-state index contributed by atoms with van der Waals surface area (Å²) in [5.74, 6) is -0.610. The number of furan rings is 1. The second-order valence-corrected chi connectivity index (χ2v) is 7.98. The van der Waals surface area contributed by atoms with Gasteiger partial charge in [0.25, 0.3) is 5.91 Å². The van der Waals surface area contributed by atoms with Gasteiger partial charge in [-0.3, -0.25) is 4.79 Å². The minimum absolute atomic E-state index is 0.0544. The van der Waals surface area contributed by atoms with Crippen molar-refractivity contribution >= 4 is 15.9 Å². The maximum Gasteiger partial charge on any atom is 0.287 e. The first-order chi connectivity index (χ1) is 11.9. The van der Waals surface area contributed by atoms with Crippen LogP contribution in [-0.4, -0.2) is 37.8 Å². The summed E-state index contributed by atoms with van der Waals surface area (Å²) >= 11 is 0. The van der Waals surface area contributed by atoms with Crippen LogP contribution in [0.2, 0.25) is 0 Å². The van der Waals surface area contributed by atoms with Crippen LogP contribution in [0.15, 0.2) is 45.9 Å².